The van der Waals surface area contributed by atoms with E-state index in [9.17, 15) is 18.0 Å². The summed E-state index contributed by atoms with van der Waals surface area (Å²) in [6.45, 7) is 3.74. The number of carbonyl (C=O) groups excluding carboxylic acids is 1. The molecule has 3 nitrogen and oxygen atoms in total. The highest BCUT2D eigenvalue weighted by atomic mass is 35.5. The van der Waals surface area contributed by atoms with E-state index in [4.69, 9.17) is 11.6 Å². The van der Waals surface area contributed by atoms with Gasteiger partial charge < -0.3 is 4.90 Å². The van der Waals surface area contributed by atoms with Crippen LogP contribution in [0.25, 0.3) is 0 Å². The standard InChI is InChI=1S/C11H18ClF3N2O/c1-10(2,7-12)9(18)17-5-3-16(4-6-17)8-11(13,14)15/h3-8H2,1-2H3. The summed E-state index contributed by atoms with van der Waals surface area (Å²) in [5, 5.41) is 0. The molecule has 0 unspecified atom stereocenters. The molecule has 1 saturated heterocycles. The third-order valence-electron chi connectivity index (χ3n) is 2.98. The third-order valence-corrected chi connectivity index (χ3v) is 3.64. The SMILES string of the molecule is CC(C)(CCl)C(=O)N1CCN(CC(F)(F)F)CC1. The van der Waals surface area contributed by atoms with E-state index < -0.39 is 18.1 Å². The number of carbonyl (C=O) groups is 1. The van der Waals surface area contributed by atoms with E-state index in [1.165, 1.54) is 4.90 Å². The fraction of sp³-hybridized carbons (Fsp3) is 0.909. The smallest absolute Gasteiger partial charge is 0.340 e. The van der Waals surface area contributed by atoms with Crippen molar-refractivity contribution < 1.29 is 18.0 Å². The molecule has 1 rings (SSSR count). The molecule has 0 bridgehead atoms. The van der Waals surface area contributed by atoms with Gasteiger partial charge in [-0.3, -0.25) is 9.69 Å². The Labute approximate surface area is 110 Å². The largest absolute Gasteiger partial charge is 0.401 e. The van der Waals surface area contributed by atoms with Gasteiger partial charge in [0.15, 0.2) is 0 Å². The van der Waals surface area contributed by atoms with E-state index in [0.717, 1.165) is 0 Å². The molecule has 1 aliphatic rings. The summed E-state index contributed by atoms with van der Waals surface area (Å²) in [6.07, 6.45) is -4.18. The minimum atomic E-state index is -4.18. The van der Waals surface area contributed by atoms with Gasteiger partial charge in [-0.25, -0.2) is 0 Å². The van der Waals surface area contributed by atoms with Crippen molar-refractivity contribution in [1.29, 1.82) is 0 Å². The molecule has 1 fully saturated rings. The zero-order valence-corrected chi connectivity index (χ0v) is 11.3. The van der Waals surface area contributed by atoms with Gasteiger partial charge in [-0.2, -0.15) is 13.2 Å². The summed E-state index contributed by atoms with van der Waals surface area (Å²) in [4.78, 5) is 15.0. The average Bonchev–Trinajstić information content (AvgIpc) is 2.27. The van der Waals surface area contributed by atoms with Gasteiger partial charge in [0.1, 0.15) is 0 Å². The number of halogens is 4. The molecule has 1 aliphatic heterocycles. The molecule has 1 heterocycles. The first kappa shape index (κ1) is 15.6. The maximum Gasteiger partial charge on any atom is 0.401 e. The van der Waals surface area contributed by atoms with E-state index in [2.05, 4.69) is 0 Å². The number of alkyl halides is 4. The van der Waals surface area contributed by atoms with Gasteiger partial charge in [-0.15, -0.1) is 11.6 Å². The molecule has 7 heteroatoms. The zero-order chi connectivity index (χ0) is 14.0. The van der Waals surface area contributed by atoms with Gasteiger partial charge in [0.05, 0.1) is 12.0 Å². The van der Waals surface area contributed by atoms with Crippen molar-refractivity contribution in [3.8, 4) is 0 Å². The van der Waals surface area contributed by atoms with E-state index >= 15 is 0 Å². The zero-order valence-electron chi connectivity index (χ0n) is 10.6. The van der Waals surface area contributed by atoms with Crippen LogP contribution < -0.4 is 0 Å². The summed E-state index contributed by atoms with van der Waals surface area (Å²) >= 11 is 5.72. The van der Waals surface area contributed by atoms with Crippen LogP contribution in [0.3, 0.4) is 0 Å². The quantitative estimate of drug-likeness (QED) is 0.741. The summed E-state index contributed by atoms with van der Waals surface area (Å²) in [7, 11) is 0. The second-order valence-electron chi connectivity index (χ2n) is 5.20. The van der Waals surface area contributed by atoms with E-state index in [0.29, 0.717) is 13.1 Å². The monoisotopic (exact) mass is 286 g/mol. The molecule has 0 aliphatic carbocycles. The number of amides is 1. The van der Waals surface area contributed by atoms with Crippen molar-refractivity contribution in [2.24, 2.45) is 5.41 Å². The highest BCUT2D eigenvalue weighted by Crippen LogP contribution is 2.22. The molecular formula is C11H18ClF3N2O. The molecule has 0 saturated carbocycles. The minimum absolute atomic E-state index is 0.0934. The third kappa shape index (κ3) is 4.31. The fourth-order valence-corrected chi connectivity index (χ4v) is 1.96. The first-order valence-corrected chi connectivity index (χ1v) is 6.33. The maximum absolute atomic E-state index is 12.2. The summed E-state index contributed by atoms with van der Waals surface area (Å²) < 4.78 is 36.6. The Kier molecular flexibility index (Phi) is 4.89. The van der Waals surface area contributed by atoms with Gasteiger partial charge in [0.25, 0.3) is 0 Å². The van der Waals surface area contributed by atoms with Gasteiger partial charge in [0.2, 0.25) is 5.91 Å². The van der Waals surface area contributed by atoms with Crippen LogP contribution in [0, 0.1) is 5.41 Å². The second kappa shape index (κ2) is 5.65. The highest BCUT2D eigenvalue weighted by Gasteiger charge is 2.36. The number of piperazine rings is 1. The lowest BCUT2D eigenvalue weighted by Gasteiger charge is -2.38. The first-order chi connectivity index (χ1) is 8.15. The fourth-order valence-electron chi connectivity index (χ4n) is 1.85. The van der Waals surface area contributed by atoms with Gasteiger partial charge in [-0.05, 0) is 13.8 Å². The number of hydrogen-bond donors (Lipinski definition) is 0. The van der Waals surface area contributed by atoms with Crippen molar-refractivity contribution in [3.05, 3.63) is 0 Å². The van der Waals surface area contributed by atoms with E-state index in [-0.39, 0.29) is 24.9 Å². The highest BCUT2D eigenvalue weighted by molar-refractivity contribution is 6.19. The van der Waals surface area contributed by atoms with Crippen LogP contribution >= 0.6 is 11.6 Å². The van der Waals surface area contributed by atoms with Crippen LogP contribution in [0.15, 0.2) is 0 Å². The lowest BCUT2D eigenvalue weighted by Crippen LogP contribution is -2.53. The summed E-state index contributed by atoms with van der Waals surface area (Å²) in [6, 6.07) is 0. The van der Waals surface area contributed by atoms with Gasteiger partial charge >= 0.3 is 6.18 Å². The first-order valence-electron chi connectivity index (χ1n) is 5.80. The molecule has 18 heavy (non-hydrogen) atoms. The predicted molar refractivity (Wildman–Crippen MR) is 63.6 cm³/mol. The Morgan fingerprint density at radius 3 is 2.06 bits per heavy atom. The van der Waals surface area contributed by atoms with E-state index in [1.807, 2.05) is 0 Å². The van der Waals surface area contributed by atoms with Gasteiger partial charge in [0, 0.05) is 32.1 Å². The Balaban J connectivity index is 2.47. The molecule has 106 valence electrons. The van der Waals surface area contributed by atoms with Crippen LogP contribution in [-0.4, -0.2) is 60.5 Å². The molecule has 0 atom stereocenters. The Bertz CT molecular complexity index is 299. The van der Waals surface area contributed by atoms with Crippen molar-refractivity contribution >= 4 is 17.5 Å². The molecule has 0 spiro atoms. The van der Waals surface area contributed by atoms with E-state index in [1.54, 1.807) is 18.7 Å². The molecule has 1 amide bonds. The lowest BCUT2D eigenvalue weighted by molar-refractivity contribution is -0.154. The van der Waals surface area contributed by atoms with Crippen LogP contribution in [0.5, 0.6) is 0 Å². The molecule has 0 N–H and O–H groups in total. The van der Waals surface area contributed by atoms with Crippen LogP contribution in [-0.2, 0) is 4.79 Å². The topological polar surface area (TPSA) is 23.6 Å². The number of rotatable bonds is 3. The number of hydrogen-bond acceptors (Lipinski definition) is 2. The lowest BCUT2D eigenvalue weighted by atomic mass is 9.94. The maximum atomic E-state index is 12.2. The van der Waals surface area contributed by atoms with Crippen LogP contribution in [0.4, 0.5) is 13.2 Å². The van der Waals surface area contributed by atoms with Crippen LogP contribution in [0.2, 0.25) is 0 Å². The summed E-state index contributed by atoms with van der Waals surface area (Å²) in [5.41, 5.74) is -0.659. The minimum Gasteiger partial charge on any atom is -0.340 e. The van der Waals surface area contributed by atoms with Gasteiger partial charge in [-0.1, -0.05) is 0 Å². The molecule has 0 aromatic heterocycles. The normalized spacial score (nSPS) is 19.1. The van der Waals surface area contributed by atoms with Crippen molar-refractivity contribution in [3.63, 3.8) is 0 Å². The molecular weight excluding hydrogens is 269 g/mol. The van der Waals surface area contributed by atoms with Crippen molar-refractivity contribution in [2.45, 2.75) is 20.0 Å². The van der Waals surface area contributed by atoms with Crippen LogP contribution in [0.1, 0.15) is 13.8 Å². The average molecular weight is 287 g/mol. The molecule has 0 aromatic rings. The molecule has 0 radical (unpaired) electrons. The predicted octanol–water partition coefficient (Wildman–Crippen LogP) is 1.96. The van der Waals surface area contributed by atoms with Crippen molar-refractivity contribution in [1.82, 2.24) is 9.80 Å². The summed E-state index contributed by atoms with van der Waals surface area (Å²) in [5.74, 6) is 0.110. The number of nitrogens with zero attached hydrogens (tertiary/aromatic N) is 2. The Morgan fingerprint density at radius 1 is 1.17 bits per heavy atom. The van der Waals surface area contributed by atoms with Crippen molar-refractivity contribution in [2.75, 3.05) is 38.6 Å². The molecule has 0 aromatic carbocycles. The Hall–Kier alpha value is -0.490. The second-order valence-corrected chi connectivity index (χ2v) is 5.47. The Morgan fingerprint density at radius 2 is 1.67 bits per heavy atom.